The zero-order chi connectivity index (χ0) is 13.9. The number of aromatic nitrogens is 1. The van der Waals surface area contributed by atoms with E-state index in [4.69, 9.17) is 14.2 Å². The average molecular weight is 268 g/mol. The molecule has 0 fully saturated rings. The molecule has 0 aliphatic heterocycles. The molecule has 0 aliphatic rings. The highest BCUT2D eigenvalue weighted by atomic mass is 16.5. The molecule has 1 rings (SSSR count). The van der Waals surface area contributed by atoms with Gasteiger partial charge in [-0.05, 0) is 6.07 Å². The van der Waals surface area contributed by atoms with Gasteiger partial charge in [-0.2, -0.15) is 0 Å². The van der Waals surface area contributed by atoms with Crippen LogP contribution in [0.1, 0.15) is 19.4 Å². The standard InChI is InChI=1S/C14H24N2O3/c1-12(2)16-10-13-4-5-15-11-14(13)19-9-8-18-7-6-17-3/h4-5,11-12,16H,6-10H2,1-3H3. The Bertz CT molecular complexity index is 345. The Kier molecular flexibility index (Phi) is 8.13. The van der Waals surface area contributed by atoms with E-state index in [1.807, 2.05) is 6.07 Å². The fraction of sp³-hybridized carbons (Fsp3) is 0.643. The molecular weight excluding hydrogens is 244 g/mol. The molecule has 1 aromatic heterocycles. The average Bonchev–Trinajstić information content (AvgIpc) is 2.41. The molecule has 1 aromatic rings. The van der Waals surface area contributed by atoms with Crippen molar-refractivity contribution in [1.82, 2.24) is 10.3 Å². The Morgan fingerprint density at radius 3 is 2.74 bits per heavy atom. The summed E-state index contributed by atoms with van der Waals surface area (Å²) in [6.45, 7) is 7.28. The van der Waals surface area contributed by atoms with Crippen molar-refractivity contribution in [3.63, 3.8) is 0 Å². The Morgan fingerprint density at radius 2 is 2.00 bits per heavy atom. The van der Waals surface area contributed by atoms with E-state index < -0.39 is 0 Å². The van der Waals surface area contributed by atoms with Crippen molar-refractivity contribution in [2.75, 3.05) is 33.5 Å². The van der Waals surface area contributed by atoms with Crippen molar-refractivity contribution >= 4 is 0 Å². The summed E-state index contributed by atoms with van der Waals surface area (Å²) in [7, 11) is 1.66. The predicted octanol–water partition coefficient (Wildman–Crippen LogP) is 1.62. The number of rotatable bonds is 10. The van der Waals surface area contributed by atoms with Crippen molar-refractivity contribution in [2.24, 2.45) is 0 Å². The Morgan fingerprint density at radius 1 is 1.21 bits per heavy atom. The third kappa shape index (κ3) is 7.10. The number of ether oxygens (including phenoxy) is 3. The molecule has 1 N–H and O–H groups in total. The molecule has 5 nitrogen and oxygen atoms in total. The highest BCUT2D eigenvalue weighted by Gasteiger charge is 2.04. The summed E-state index contributed by atoms with van der Waals surface area (Å²) in [6.07, 6.45) is 3.52. The van der Waals surface area contributed by atoms with Crippen molar-refractivity contribution < 1.29 is 14.2 Å². The summed E-state index contributed by atoms with van der Waals surface area (Å²) in [4.78, 5) is 4.09. The van der Waals surface area contributed by atoms with Crippen LogP contribution in [0.4, 0.5) is 0 Å². The summed E-state index contributed by atoms with van der Waals surface area (Å²) >= 11 is 0. The van der Waals surface area contributed by atoms with Gasteiger partial charge < -0.3 is 19.5 Å². The maximum Gasteiger partial charge on any atom is 0.142 e. The zero-order valence-corrected chi connectivity index (χ0v) is 12.0. The van der Waals surface area contributed by atoms with Crippen LogP contribution in [0, 0.1) is 0 Å². The summed E-state index contributed by atoms with van der Waals surface area (Å²) in [5, 5.41) is 3.36. The first-order valence-electron chi connectivity index (χ1n) is 6.59. The van der Waals surface area contributed by atoms with Gasteiger partial charge in [0.05, 0.1) is 26.0 Å². The zero-order valence-electron chi connectivity index (χ0n) is 12.0. The SMILES string of the molecule is COCCOCCOc1cnccc1CNC(C)C. The quantitative estimate of drug-likeness (QED) is 0.654. The van der Waals surface area contributed by atoms with Crippen molar-refractivity contribution in [1.29, 1.82) is 0 Å². The van der Waals surface area contributed by atoms with Crippen LogP contribution in [0.3, 0.4) is 0 Å². The lowest BCUT2D eigenvalue weighted by Gasteiger charge is -2.13. The summed E-state index contributed by atoms with van der Waals surface area (Å²) in [5.74, 6) is 0.811. The van der Waals surface area contributed by atoms with Gasteiger partial charge in [-0.1, -0.05) is 13.8 Å². The van der Waals surface area contributed by atoms with Crippen LogP contribution in [0.15, 0.2) is 18.5 Å². The second kappa shape index (κ2) is 9.72. The molecule has 0 saturated carbocycles. The Balaban J connectivity index is 2.31. The van der Waals surface area contributed by atoms with Crippen LogP contribution in [-0.4, -0.2) is 44.6 Å². The molecule has 19 heavy (non-hydrogen) atoms. The number of pyridine rings is 1. The van der Waals surface area contributed by atoms with E-state index in [0.717, 1.165) is 17.9 Å². The van der Waals surface area contributed by atoms with E-state index in [2.05, 4.69) is 24.1 Å². The van der Waals surface area contributed by atoms with Crippen molar-refractivity contribution in [2.45, 2.75) is 26.4 Å². The Labute approximate surface area is 115 Å². The van der Waals surface area contributed by atoms with Gasteiger partial charge in [-0.25, -0.2) is 0 Å². The molecule has 0 saturated heterocycles. The number of hydrogen-bond donors (Lipinski definition) is 1. The van der Waals surface area contributed by atoms with E-state index in [-0.39, 0.29) is 0 Å². The van der Waals surface area contributed by atoms with E-state index in [1.165, 1.54) is 0 Å². The van der Waals surface area contributed by atoms with Gasteiger partial charge in [0.1, 0.15) is 12.4 Å². The maximum absolute atomic E-state index is 5.68. The maximum atomic E-state index is 5.68. The lowest BCUT2D eigenvalue weighted by atomic mass is 10.2. The van der Waals surface area contributed by atoms with Gasteiger partial charge in [-0.15, -0.1) is 0 Å². The lowest BCUT2D eigenvalue weighted by molar-refractivity contribution is 0.0542. The van der Waals surface area contributed by atoms with Crippen LogP contribution >= 0.6 is 0 Å². The number of hydrogen-bond acceptors (Lipinski definition) is 5. The van der Waals surface area contributed by atoms with Crippen LogP contribution in [0.25, 0.3) is 0 Å². The van der Waals surface area contributed by atoms with E-state index in [9.17, 15) is 0 Å². The molecule has 0 amide bonds. The van der Waals surface area contributed by atoms with E-state index in [0.29, 0.717) is 32.5 Å². The van der Waals surface area contributed by atoms with Gasteiger partial charge in [0, 0.05) is 31.5 Å². The van der Waals surface area contributed by atoms with Crippen LogP contribution in [0.2, 0.25) is 0 Å². The number of nitrogens with zero attached hydrogens (tertiary/aromatic N) is 1. The van der Waals surface area contributed by atoms with Gasteiger partial charge in [0.15, 0.2) is 0 Å². The fourth-order valence-electron chi connectivity index (χ4n) is 1.45. The summed E-state index contributed by atoms with van der Waals surface area (Å²) < 4.78 is 15.9. The second-order valence-electron chi connectivity index (χ2n) is 4.47. The number of methoxy groups -OCH3 is 1. The first-order valence-corrected chi connectivity index (χ1v) is 6.59. The molecule has 0 bridgehead atoms. The largest absolute Gasteiger partial charge is 0.489 e. The third-order valence-corrected chi connectivity index (χ3v) is 2.49. The highest BCUT2D eigenvalue weighted by Crippen LogP contribution is 2.16. The minimum atomic E-state index is 0.443. The molecule has 0 radical (unpaired) electrons. The fourth-order valence-corrected chi connectivity index (χ4v) is 1.45. The minimum absolute atomic E-state index is 0.443. The third-order valence-electron chi connectivity index (χ3n) is 2.49. The highest BCUT2D eigenvalue weighted by molar-refractivity contribution is 5.29. The molecular formula is C14H24N2O3. The first-order chi connectivity index (χ1) is 9.24. The summed E-state index contributed by atoms with van der Waals surface area (Å²) in [5.41, 5.74) is 1.11. The van der Waals surface area contributed by atoms with E-state index in [1.54, 1.807) is 19.5 Å². The van der Waals surface area contributed by atoms with Gasteiger partial charge in [0.25, 0.3) is 0 Å². The Hall–Kier alpha value is -1.17. The predicted molar refractivity (Wildman–Crippen MR) is 74.4 cm³/mol. The van der Waals surface area contributed by atoms with Gasteiger partial charge in [-0.3, -0.25) is 4.98 Å². The minimum Gasteiger partial charge on any atom is -0.489 e. The van der Waals surface area contributed by atoms with Crippen LogP contribution < -0.4 is 10.1 Å². The van der Waals surface area contributed by atoms with Crippen molar-refractivity contribution in [3.8, 4) is 5.75 Å². The van der Waals surface area contributed by atoms with E-state index >= 15 is 0 Å². The summed E-state index contributed by atoms with van der Waals surface area (Å²) in [6, 6.07) is 2.41. The van der Waals surface area contributed by atoms with Crippen LogP contribution in [0.5, 0.6) is 5.75 Å². The second-order valence-corrected chi connectivity index (χ2v) is 4.47. The molecule has 0 unspecified atom stereocenters. The first kappa shape index (κ1) is 15.9. The topological polar surface area (TPSA) is 52.6 Å². The van der Waals surface area contributed by atoms with Crippen LogP contribution in [-0.2, 0) is 16.0 Å². The monoisotopic (exact) mass is 268 g/mol. The molecule has 108 valence electrons. The smallest absolute Gasteiger partial charge is 0.142 e. The normalized spacial score (nSPS) is 10.9. The van der Waals surface area contributed by atoms with Gasteiger partial charge in [0.2, 0.25) is 0 Å². The molecule has 5 heteroatoms. The molecule has 0 aromatic carbocycles. The number of nitrogens with one attached hydrogen (secondary N) is 1. The van der Waals surface area contributed by atoms with Gasteiger partial charge >= 0.3 is 0 Å². The molecule has 0 aliphatic carbocycles. The molecule has 1 heterocycles. The van der Waals surface area contributed by atoms with Crippen molar-refractivity contribution in [3.05, 3.63) is 24.0 Å². The lowest BCUT2D eigenvalue weighted by Crippen LogP contribution is -2.22. The molecule has 0 atom stereocenters. The molecule has 0 spiro atoms.